The van der Waals surface area contributed by atoms with Gasteiger partial charge in [-0.25, -0.2) is 0 Å². The number of hydrogen-bond acceptors (Lipinski definition) is 3. The Hall–Kier alpha value is -1.71. The molecule has 1 aromatic rings. The minimum atomic E-state index is 0.0202. The maximum atomic E-state index is 11.9. The van der Waals surface area contributed by atoms with Crippen LogP contribution in [0.15, 0.2) is 18.2 Å². The van der Waals surface area contributed by atoms with E-state index < -0.39 is 0 Å². The fourth-order valence-electron chi connectivity index (χ4n) is 1.68. The van der Waals surface area contributed by atoms with Crippen LogP contribution in [0.5, 0.6) is 5.75 Å². The van der Waals surface area contributed by atoms with Crippen LogP contribution in [-0.2, 0) is 4.79 Å². The molecular weight excluding hydrogens is 216 g/mol. The Labute approximate surface area is 102 Å². The van der Waals surface area contributed by atoms with Crippen LogP contribution in [-0.4, -0.2) is 13.0 Å². The molecule has 0 radical (unpaired) electrons. The molecule has 0 saturated heterocycles. The van der Waals surface area contributed by atoms with Gasteiger partial charge in [-0.1, -0.05) is 13.8 Å². The molecule has 0 fully saturated rings. The number of hydrogen-bond donors (Lipinski definition) is 2. The zero-order chi connectivity index (χ0) is 12.8. The second-order valence-electron chi connectivity index (χ2n) is 3.96. The molecule has 17 heavy (non-hydrogen) atoms. The van der Waals surface area contributed by atoms with Crippen molar-refractivity contribution in [3.63, 3.8) is 0 Å². The zero-order valence-electron chi connectivity index (χ0n) is 10.6. The predicted molar refractivity (Wildman–Crippen MR) is 70.1 cm³/mol. The van der Waals surface area contributed by atoms with Gasteiger partial charge in [0.05, 0.1) is 18.5 Å². The highest BCUT2D eigenvalue weighted by atomic mass is 16.5. The van der Waals surface area contributed by atoms with Crippen molar-refractivity contribution >= 4 is 17.3 Å². The molecule has 94 valence electrons. The lowest BCUT2D eigenvalue weighted by atomic mass is 10.0. The fourth-order valence-corrected chi connectivity index (χ4v) is 1.68. The third-order valence-electron chi connectivity index (χ3n) is 2.87. The summed E-state index contributed by atoms with van der Waals surface area (Å²) in [7, 11) is 1.58. The van der Waals surface area contributed by atoms with Crippen LogP contribution in [0.4, 0.5) is 11.4 Å². The van der Waals surface area contributed by atoms with E-state index in [1.54, 1.807) is 25.3 Å². The first kappa shape index (κ1) is 13.4. The molecule has 1 aromatic carbocycles. The summed E-state index contributed by atoms with van der Waals surface area (Å²) in [6.45, 7) is 4.01. The van der Waals surface area contributed by atoms with Crippen molar-refractivity contribution in [2.45, 2.75) is 26.7 Å². The largest absolute Gasteiger partial charge is 0.497 e. The molecule has 0 heterocycles. The quantitative estimate of drug-likeness (QED) is 0.772. The van der Waals surface area contributed by atoms with E-state index in [0.29, 0.717) is 17.1 Å². The lowest BCUT2D eigenvalue weighted by Crippen LogP contribution is -2.22. The van der Waals surface area contributed by atoms with E-state index in [-0.39, 0.29) is 11.8 Å². The van der Waals surface area contributed by atoms with Crippen molar-refractivity contribution in [2.24, 2.45) is 5.92 Å². The zero-order valence-corrected chi connectivity index (χ0v) is 10.6. The van der Waals surface area contributed by atoms with Crippen LogP contribution in [0, 0.1) is 5.92 Å². The minimum Gasteiger partial charge on any atom is -0.497 e. The number of rotatable bonds is 5. The molecule has 0 aliphatic carbocycles. The molecule has 0 bridgehead atoms. The van der Waals surface area contributed by atoms with Crippen LogP contribution < -0.4 is 15.8 Å². The predicted octanol–water partition coefficient (Wildman–Crippen LogP) is 2.65. The molecule has 0 aliphatic heterocycles. The molecule has 0 aromatic heterocycles. The van der Waals surface area contributed by atoms with Crippen LogP contribution in [0.1, 0.15) is 26.7 Å². The first-order valence-electron chi connectivity index (χ1n) is 5.86. The lowest BCUT2D eigenvalue weighted by molar-refractivity contribution is -0.120. The van der Waals surface area contributed by atoms with Gasteiger partial charge in [-0.05, 0) is 25.0 Å². The Balaban J connectivity index is 2.78. The highest BCUT2D eigenvalue weighted by Gasteiger charge is 2.15. The van der Waals surface area contributed by atoms with Crippen molar-refractivity contribution in [1.29, 1.82) is 0 Å². The molecule has 1 rings (SSSR count). The molecule has 0 aliphatic rings. The van der Waals surface area contributed by atoms with Crippen LogP contribution in [0.3, 0.4) is 0 Å². The number of anilines is 2. The lowest BCUT2D eigenvalue weighted by Gasteiger charge is -2.14. The Morgan fingerprint density at radius 2 is 2.06 bits per heavy atom. The molecule has 0 atom stereocenters. The summed E-state index contributed by atoms with van der Waals surface area (Å²) in [6, 6.07) is 5.23. The van der Waals surface area contributed by atoms with Crippen molar-refractivity contribution < 1.29 is 9.53 Å². The maximum Gasteiger partial charge on any atom is 0.227 e. The third-order valence-corrected chi connectivity index (χ3v) is 2.87. The maximum absolute atomic E-state index is 11.9. The number of ether oxygens (including phenoxy) is 1. The van der Waals surface area contributed by atoms with Crippen LogP contribution >= 0.6 is 0 Å². The van der Waals surface area contributed by atoms with E-state index >= 15 is 0 Å². The Bertz CT molecular complexity index is 387. The number of carbonyl (C=O) groups excluding carboxylic acids is 1. The van der Waals surface area contributed by atoms with Gasteiger partial charge in [-0.15, -0.1) is 0 Å². The van der Waals surface area contributed by atoms with Crippen LogP contribution in [0.25, 0.3) is 0 Å². The Morgan fingerprint density at radius 3 is 2.53 bits per heavy atom. The Kier molecular flexibility index (Phi) is 4.82. The van der Waals surface area contributed by atoms with Gasteiger partial charge in [0.15, 0.2) is 0 Å². The number of nitrogens with one attached hydrogen (secondary N) is 1. The van der Waals surface area contributed by atoms with E-state index in [0.717, 1.165) is 12.8 Å². The van der Waals surface area contributed by atoms with E-state index in [4.69, 9.17) is 10.5 Å². The Morgan fingerprint density at radius 1 is 1.41 bits per heavy atom. The summed E-state index contributed by atoms with van der Waals surface area (Å²) < 4.78 is 5.05. The summed E-state index contributed by atoms with van der Waals surface area (Å²) >= 11 is 0. The highest BCUT2D eigenvalue weighted by Crippen LogP contribution is 2.25. The molecule has 0 saturated carbocycles. The van der Waals surface area contributed by atoms with Crippen molar-refractivity contribution in [2.75, 3.05) is 18.2 Å². The van der Waals surface area contributed by atoms with Gasteiger partial charge < -0.3 is 15.8 Å². The van der Waals surface area contributed by atoms with Gasteiger partial charge in [-0.2, -0.15) is 0 Å². The summed E-state index contributed by atoms with van der Waals surface area (Å²) in [5.74, 6) is 0.742. The van der Waals surface area contributed by atoms with Crippen molar-refractivity contribution in [3.8, 4) is 5.75 Å². The molecular formula is C13H20N2O2. The topological polar surface area (TPSA) is 64.3 Å². The van der Waals surface area contributed by atoms with E-state index in [1.807, 2.05) is 13.8 Å². The SMILES string of the molecule is CCC(CC)C(=O)Nc1ccc(OC)cc1N. The molecule has 4 nitrogen and oxygen atoms in total. The number of amides is 1. The second-order valence-corrected chi connectivity index (χ2v) is 3.96. The summed E-state index contributed by atoms with van der Waals surface area (Å²) in [5.41, 5.74) is 6.99. The average molecular weight is 236 g/mol. The molecule has 0 spiro atoms. The van der Waals surface area contributed by atoms with Crippen molar-refractivity contribution in [3.05, 3.63) is 18.2 Å². The average Bonchev–Trinajstić information content (AvgIpc) is 2.33. The van der Waals surface area contributed by atoms with Gasteiger partial charge in [0.25, 0.3) is 0 Å². The van der Waals surface area contributed by atoms with Gasteiger partial charge in [0, 0.05) is 12.0 Å². The van der Waals surface area contributed by atoms with Gasteiger partial charge in [-0.3, -0.25) is 4.79 Å². The molecule has 0 unspecified atom stereocenters. The van der Waals surface area contributed by atoms with Gasteiger partial charge in [0.2, 0.25) is 5.91 Å². The number of nitrogens with two attached hydrogens (primary N) is 1. The van der Waals surface area contributed by atoms with E-state index in [1.165, 1.54) is 0 Å². The van der Waals surface area contributed by atoms with Gasteiger partial charge in [0.1, 0.15) is 5.75 Å². The summed E-state index contributed by atoms with van der Waals surface area (Å²) in [6.07, 6.45) is 1.66. The second kappa shape index (κ2) is 6.13. The number of nitrogen functional groups attached to an aromatic ring is 1. The number of benzene rings is 1. The number of methoxy groups -OCH3 is 1. The summed E-state index contributed by atoms with van der Waals surface area (Å²) in [4.78, 5) is 11.9. The molecule has 3 N–H and O–H groups in total. The first-order chi connectivity index (χ1) is 8.12. The smallest absolute Gasteiger partial charge is 0.227 e. The number of carbonyl (C=O) groups is 1. The third kappa shape index (κ3) is 3.37. The molecule has 1 amide bonds. The first-order valence-corrected chi connectivity index (χ1v) is 5.86. The monoisotopic (exact) mass is 236 g/mol. The summed E-state index contributed by atoms with van der Waals surface area (Å²) in [5, 5.41) is 2.84. The molecule has 4 heteroatoms. The minimum absolute atomic E-state index is 0.0202. The van der Waals surface area contributed by atoms with E-state index in [2.05, 4.69) is 5.32 Å². The standard InChI is InChI=1S/C13H20N2O2/c1-4-9(5-2)13(16)15-12-7-6-10(17-3)8-11(12)14/h6-9H,4-5,14H2,1-3H3,(H,15,16). The van der Waals surface area contributed by atoms with Gasteiger partial charge >= 0.3 is 0 Å². The highest BCUT2D eigenvalue weighted by molar-refractivity contribution is 5.95. The normalized spacial score (nSPS) is 10.4. The van der Waals surface area contributed by atoms with Crippen LogP contribution in [0.2, 0.25) is 0 Å². The fraction of sp³-hybridized carbons (Fsp3) is 0.462. The van der Waals surface area contributed by atoms with E-state index in [9.17, 15) is 4.79 Å². The van der Waals surface area contributed by atoms with Crippen molar-refractivity contribution in [1.82, 2.24) is 0 Å².